The standard InChI is InChI=1S/C22H29NO2/c1-6-18-10-12-19(13-11-18)25-21(7-2)22(24)23-17(5)20-14-15(3)8-9-16(20)4/h8-14,17,21H,6-7H2,1-5H3,(H,23,24)/t17-,21-/m1/s1. The lowest BCUT2D eigenvalue weighted by molar-refractivity contribution is -0.128. The second-order valence-corrected chi connectivity index (χ2v) is 6.60. The number of carbonyl (C=O) groups excluding carboxylic acids is 1. The van der Waals surface area contributed by atoms with Gasteiger partial charge in [0.25, 0.3) is 5.91 Å². The third-order valence-electron chi connectivity index (χ3n) is 4.53. The molecule has 0 saturated carbocycles. The summed E-state index contributed by atoms with van der Waals surface area (Å²) in [6.07, 6.45) is 1.13. The molecule has 1 amide bonds. The van der Waals surface area contributed by atoms with Crippen molar-refractivity contribution in [3.63, 3.8) is 0 Å². The number of rotatable bonds is 7. The van der Waals surface area contributed by atoms with Crippen LogP contribution in [0.15, 0.2) is 42.5 Å². The summed E-state index contributed by atoms with van der Waals surface area (Å²) in [5.74, 6) is 0.661. The lowest BCUT2D eigenvalue weighted by Crippen LogP contribution is -2.39. The van der Waals surface area contributed by atoms with Gasteiger partial charge in [-0.2, -0.15) is 0 Å². The number of nitrogens with one attached hydrogen (secondary N) is 1. The summed E-state index contributed by atoms with van der Waals surface area (Å²) in [6.45, 7) is 10.2. The first-order valence-electron chi connectivity index (χ1n) is 9.07. The minimum Gasteiger partial charge on any atom is -0.481 e. The molecule has 0 aliphatic heterocycles. The maximum absolute atomic E-state index is 12.6. The molecule has 25 heavy (non-hydrogen) atoms. The van der Waals surface area contributed by atoms with Crippen LogP contribution >= 0.6 is 0 Å². The summed E-state index contributed by atoms with van der Waals surface area (Å²) >= 11 is 0. The minimum atomic E-state index is -0.486. The fourth-order valence-electron chi connectivity index (χ4n) is 2.90. The fourth-order valence-corrected chi connectivity index (χ4v) is 2.90. The van der Waals surface area contributed by atoms with Crippen molar-refractivity contribution in [3.8, 4) is 5.75 Å². The first-order valence-corrected chi connectivity index (χ1v) is 9.07. The van der Waals surface area contributed by atoms with Crippen LogP contribution in [0, 0.1) is 13.8 Å². The molecule has 0 aliphatic rings. The Kier molecular flexibility index (Phi) is 6.63. The van der Waals surface area contributed by atoms with Crippen LogP contribution in [0.3, 0.4) is 0 Å². The van der Waals surface area contributed by atoms with E-state index in [1.54, 1.807) is 0 Å². The van der Waals surface area contributed by atoms with Gasteiger partial charge in [-0.25, -0.2) is 0 Å². The molecule has 0 fully saturated rings. The number of hydrogen-bond acceptors (Lipinski definition) is 2. The van der Waals surface area contributed by atoms with Gasteiger partial charge in [-0.05, 0) is 62.4 Å². The molecule has 3 heteroatoms. The summed E-state index contributed by atoms with van der Waals surface area (Å²) in [5.41, 5.74) is 4.78. The Hall–Kier alpha value is -2.29. The number of aryl methyl sites for hydroxylation is 3. The van der Waals surface area contributed by atoms with Gasteiger partial charge >= 0.3 is 0 Å². The van der Waals surface area contributed by atoms with E-state index in [-0.39, 0.29) is 11.9 Å². The Morgan fingerprint density at radius 2 is 1.76 bits per heavy atom. The van der Waals surface area contributed by atoms with Gasteiger partial charge in [0.2, 0.25) is 0 Å². The van der Waals surface area contributed by atoms with E-state index < -0.39 is 6.10 Å². The highest BCUT2D eigenvalue weighted by atomic mass is 16.5. The van der Waals surface area contributed by atoms with E-state index in [1.165, 1.54) is 16.7 Å². The first kappa shape index (κ1) is 19.0. The SMILES string of the molecule is CCc1ccc(O[C@H](CC)C(=O)N[C@H](C)c2cc(C)ccc2C)cc1. The van der Waals surface area contributed by atoms with E-state index in [0.29, 0.717) is 6.42 Å². The summed E-state index contributed by atoms with van der Waals surface area (Å²) in [6, 6.07) is 14.2. The van der Waals surface area contributed by atoms with Crippen LogP contribution < -0.4 is 10.1 Å². The van der Waals surface area contributed by atoms with Crippen molar-refractivity contribution in [1.82, 2.24) is 5.32 Å². The zero-order chi connectivity index (χ0) is 18.4. The number of benzene rings is 2. The number of ether oxygens (including phenoxy) is 1. The topological polar surface area (TPSA) is 38.3 Å². The molecular formula is C22H29NO2. The molecule has 2 atom stereocenters. The van der Waals surface area contributed by atoms with Gasteiger partial charge in [-0.15, -0.1) is 0 Å². The first-order chi connectivity index (χ1) is 11.9. The average molecular weight is 339 g/mol. The largest absolute Gasteiger partial charge is 0.481 e. The van der Waals surface area contributed by atoms with Crippen LogP contribution in [0.4, 0.5) is 0 Å². The van der Waals surface area contributed by atoms with E-state index >= 15 is 0 Å². The Labute approximate surface area is 151 Å². The third kappa shape index (κ3) is 5.09. The lowest BCUT2D eigenvalue weighted by atomic mass is 10.00. The quantitative estimate of drug-likeness (QED) is 0.779. The van der Waals surface area contributed by atoms with Crippen LogP contribution in [0.25, 0.3) is 0 Å². The maximum atomic E-state index is 12.6. The summed E-state index contributed by atoms with van der Waals surface area (Å²) in [5, 5.41) is 3.09. The molecule has 0 heterocycles. The van der Waals surface area contributed by atoms with Gasteiger partial charge < -0.3 is 10.1 Å². The summed E-state index contributed by atoms with van der Waals surface area (Å²) < 4.78 is 5.90. The molecule has 3 nitrogen and oxygen atoms in total. The molecule has 0 aromatic heterocycles. The smallest absolute Gasteiger partial charge is 0.261 e. The molecule has 2 aromatic carbocycles. The molecule has 1 N–H and O–H groups in total. The molecule has 0 unspecified atom stereocenters. The molecule has 0 saturated heterocycles. The second-order valence-electron chi connectivity index (χ2n) is 6.60. The van der Waals surface area contributed by atoms with Gasteiger partial charge in [0, 0.05) is 0 Å². The van der Waals surface area contributed by atoms with Crippen LogP contribution in [-0.4, -0.2) is 12.0 Å². The zero-order valence-electron chi connectivity index (χ0n) is 15.9. The average Bonchev–Trinajstić information content (AvgIpc) is 2.61. The molecule has 0 radical (unpaired) electrons. The highest BCUT2D eigenvalue weighted by Crippen LogP contribution is 2.20. The van der Waals surface area contributed by atoms with Crippen LogP contribution in [0.2, 0.25) is 0 Å². The molecule has 0 aliphatic carbocycles. The van der Waals surface area contributed by atoms with Gasteiger partial charge in [0.15, 0.2) is 6.10 Å². The summed E-state index contributed by atoms with van der Waals surface area (Å²) in [7, 11) is 0. The predicted octanol–water partition coefficient (Wildman–Crippen LogP) is 4.90. The monoisotopic (exact) mass is 339 g/mol. The number of amides is 1. The van der Waals surface area contributed by atoms with Gasteiger partial charge in [-0.1, -0.05) is 49.7 Å². The van der Waals surface area contributed by atoms with E-state index in [2.05, 4.69) is 44.3 Å². The van der Waals surface area contributed by atoms with E-state index in [9.17, 15) is 4.79 Å². The van der Waals surface area contributed by atoms with Crippen molar-refractivity contribution < 1.29 is 9.53 Å². The molecule has 0 bridgehead atoms. The molecular weight excluding hydrogens is 310 g/mol. The lowest BCUT2D eigenvalue weighted by Gasteiger charge is -2.22. The molecule has 2 rings (SSSR count). The normalized spacial score (nSPS) is 13.2. The Bertz CT molecular complexity index is 706. The van der Waals surface area contributed by atoms with Crippen LogP contribution in [0.5, 0.6) is 5.75 Å². The Morgan fingerprint density at radius 3 is 2.36 bits per heavy atom. The Morgan fingerprint density at radius 1 is 1.08 bits per heavy atom. The number of carbonyl (C=O) groups is 1. The molecule has 2 aromatic rings. The molecule has 134 valence electrons. The van der Waals surface area contributed by atoms with Crippen molar-refractivity contribution in [2.45, 2.75) is 59.6 Å². The van der Waals surface area contributed by atoms with Crippen molar-refractivity contribution in [2.75, 3.05) is 0 Å². The van der Waals surface area contributed by atoms with E-state index in [1.807, 2.05) is 38.1 Å². The predicted molar refractivity (Wildman–Crippen MR) is 103 cm³/mol. The van der Waals surface area contributed by atoms with Gasteiger partial charge in [-0.3, -0.25) is 4.79 Å². The zero-order valence-corrected chi connectivity index (χ0v) is 15.9. The van der Waals surface area contributed by atoms with Gasteiger partial charge in [0.1, 0.15) is 5.75 Å². The molecule has 0 spiro atoms. The highest BCUT2D eigenvalue weighted by Gasteiger charge is 2.21. The van der Waals surface area contributed by atoms with E-state index in [0.717, 1.165) is 17.7 Å². The fraction of sp³-hybridized carbons (Fsp3) is 0.409. The van der Waals surface area contributed by atoms with Crippen LogP contribution in [-0.2, 0) is 11.2 Å². The minimum absolute atomic E-state index is 0.0486. The number of hydrogen-bond donors (Lipinski definition) is 1. The Balaban J connectivity index is 2.04. The van der Waals surface area contributed by atoms with Crippen molar-refractivity contribution in [2.24, 2.45) is 0 Å². The summed E-state index contributed by atoms with van der Waals surface area (Å²) in [4.78, 5) is 12.6. The van der Waals surface area contributed by atoms with Crippen LogP contribution in [0.1, 0.15) is 55.5 Å². The van der Waals surface area contributed by atoms with Crippen molar-refractivity contribution >= 4 is 5.91 Å². The maximum Gasteiger partial charge on any atom is 0.261 e. The van der Waals surface area contributed by atoms with Crippen molar-refractivity contribution in [1.29, 1.82) is 0 Å². The third-order valence-corrected chi connectivity index (χ3v) is 4.53. The van der Waals surface area contributed by atoms with Gasteiger partial charge in [0.05, 0.1) is 6.04 Å². The van der Waals surface area contributed by atoms with Crippen molar-refractivity contribution in [3.05, 3.63) is 64.7 Å². The second kappa shape index (κ2) is 8.70. The van der Waals surface area contributed by atoms with E-state index in [4.69, 9.17) is 4.74 Å². The highest BCUT2D eigenvalue weighted by molar-refractivity contribution is 5.81.